The first-order valence-electron chi connectivity index (χ1n) is 6.51. The van der Waals surface area contributed by atoms with E-state index in [1.54, 1.807) is 12.1 Å². The summed E-state index contributed by atoms with van der Waals surface area (Å²) < 4.78 is 9.94. The number of ketones is 1. The maximum absolute atomic E-state index is 12.1. The summed E-state index contributed by atoms with van der Waals surface area (Å²) in [6, 6.07) is 7.03. The van der Waals surface area contributed by atoms with Crippen molar-refractivity contribution in [1.29, 1.82) is 0 Å². The molecule has 0 aliphatic rings. The van der Waals surface area contributed by atoms with Crippen LogP contribution in [-0.2, 0) is 4.74 Å². The van der Waals surface area contributed by atoms with E-state index in [1.807, 2.05) is 6.92 Å². The van der Waals surface area contributed by atoms with E-state index in [-0.39, 0.29) is 22.8 Å². The molecule has 0 saturated carbocycles. The van der Waals surface area contributed by atoms with Gasteiger partial charge in [-0.25, -0.2) is 4.79 Å². The third kappa shape index (κ3) is 3.92. The van der Waals surface area contributed by atoms with Crippen molar-refractivity contribution in [2.45, 2.75) is 6.92 Å². The SMILES string of the molecule is COc1ccc([N+](=O)[O-])cc1C(=O)OCC(=O)c1ccc(C)s1. The van der Waals surface area contributed by atoms with Gasteiger partial charge in [0.1, 0.15) is 11.3 Å². The van der Waals surface area contributed by atoms with Crippen molar-refractivity contribution >= 4 is 28.8 Å². The van der Waals surface area contributed by atoms with Gasteiger partial charge < -0.3 is 9.47 Å². The van der Waals surface area contributed by atoms with Gasteiger partial charge in [-0.05, 0) is 25.1 Å². The van der Waals surface area contributed by atoms with Crippen LogP contribution in [0.5, 0.6) is 5.75 Å². The number of hydrogen-bond donors (Lipinski definition) is 0. The molecule has 23 heavy (non-hydrogen) atoms. The second kappa shape index (κ2) is 7.01. The number of ether oxygens (including phenoxy) is 2. The topological polar surface area (TPSA) is 95.7 Å². The van der Waals surface area contributed by atoms with E-state index in [0.717, 1.165) is 10.9 Å². The quantitative estimate of drug-likeness (QED) is 0.348. The van der Waals surface area contributed by atoms with Crippen molar-refractivity contribution in [1.82, 2.24) is 0 Å². The smallest absolute Gasteiger partial charge is 0.342 e. The van der Waals surface area contributed by atoms with Crippen molar-refractivity contribution in [2.24, 2.45) is 0 Å². The number of nitro groups is 1. The lowest BCUT2D eigenvalue weighted by Gasteiger charge is -2.08. The van der Waals surface area contributed by atoms with E-state index in [1.165, 1.54) is 30.6 Å². The number of aryl methyl sites for hydroxylation is 1. The Bertz CT molecular complexity index is 767. The highest BCUT2D eigenvalue weighted by Crippen LogP contribution is 2.25. The number of nitrogens with zero attached hydrogens (tertiary/aromatic N) is 1. The van der Waals surface area contributed by atoms with Crippen LogP contribution in [0.2, 0.25) is 0 Å². The highest BCUT2D eigenvalue weighted by Gasteiger charge is 2.20. The summed E-state index contributed by atoms with van der Waals surface area (Å²) in [6.07, 6.45) is 0. The maximum Gasteiger partial charge on any atom is 0.342 e. The molecule has 120 valence electrons. The molecule has 0 aliphatic heterocycles. The fourth-order valence-corrected chi connectivity index (χ4v) is 2.63. The Kier molecular flexibility index (Phi) is 5.07. The largest absolute Gasteiger partial charge is 0.496 e. The first kappa shape index (κ1) is 16.6. The Balaban J connectivity index is 2.12. The van der Waals surface area contributed by atoms with Gasteiger partial charge in [-0.2, -0.15) is 0 Å². The molecule has 1 heterocycles. The molecule has 0 spiro atoms. The van der Waals surface area contributed by atoms with E-state index < -0.39 is 17.5 Å². The molecule has 0 radical (unpaired) electrons. The summed E-state index contributed by atoms with van der Waals surface area (Å²) in [4.78, 5) is 35.6. The summed E-state index contributed by atoms with van der Waals surface area (Å²) in [7, 11) is 1.33. The monoisotopic (exact) mass is 335 g/mol. The fourth-order valence-electron chi connectivity index (χ4n) is 1.83. The van der Waals surface area contributed by atoms with Crippen molar-refractivity contribution in [2.75, 3.05) is 13.7 Å². The Morgan fingerprint density at radius 2 is 2.00 bits per heavy atom. The first-order valence-corrected chi connectivity index (χ1v) is 7.33. The Morgan fingerprint density at radius 3 is 2.57 bits per heavy atom. The molecule has 8 heteroatoms. The number of thiophene rings is 1. The number of benzene rings is 1. The van der Waals surface area contributed by atoms with E-state index in [4.69, 9.17) is 9.47 Å². The van der Waals surface area contributed by atoms with Gasteiger partial charge in [0.05, 0.1) is 16.9 Å². The molecule has 0 fully saturated rings. The molecule has 0 amide bonds. The second-order valence-corrected chi connectivity index (χ2v) is 5.84. The lowest BCUT2D eigenvalue weighted by Crippen LogP contribution is -2.14. The maximum atomic E-state index is 12.1. The highest BCUT2D eigenvalue weighted by molar-refractivity contribution is 7.14. The van der Waals surface area contributed by atoms with Crippen molar-refractivity contribution in [3.05, 3.63) is 55.8 Å². The molecule has 1 aromatic carbocycles. The van der Waals surface area contributed by atoms with Gasteiger partial charge in [0.15, 0.2) is 6.61 Å². The van der Waals surface area contributed by atoms with Gasteiger partial charge in [0, 0.05) is 17.0 Å². The number of carbonyl (C=O) groups is 2. The van der Waals surface area contributed by atoms with Crippen LogP contribution in [0, 0.1) is 17.0 Å². The minimum atomic E-state index is -0.854. The van der Waals surface area contributed by atoms with E-state index in [0.29, 0.717) is 4.88 Å². The summed E-state index contributed by atoms with van der Waals surface area (Å²) in [5.41, 5.74) is -0.366. The highest BCUT2D eigenvalue weighted by atomic mass is 32.1. The summed E-state index contributed by atoms with van der Waals surface area (Å²) in [6.45, 7) is 1.42. The zero-order chi connectivity index (χ0) is 17.0. The zero-order valence-corrected chi connectivity index (χ0v) is 13.2. The number of hydrogen-bond acceptors (Lipinski definition) is 7. The van der Waals surface area contributed by atoms with Crippen LogP contribution in [0.3, 0.4) is 0 Å². The molecule has 0 N–H and O–H groups in total. The van der Waals surface area contributed by atoms with Crippen LogP contribution in [0.25, 0.3) is 0 Å². The predicted octanol–water partition coefficient (Wildman–Crippen LogP) is 3.01. The molecule has 0 atom stereocenters. The van der Waals surface area contributed by atoms with Gasteiger partial charge in [0.2, 0.25) is 5.78 Å². The van der Waals surface area contributed by atoms with Crippen molar-refractivity contribution in [3.8, 4) is 5.75 Å². The number of methoxy groups -OCH3 is 1. The molecule has 0 bridgehead atoms. The van der Waals surface area contributed by atoms with E-state index >= 15 is 0 Å². The second-order valence-electron chi connectivity index (χ2n) is 4.55. The number of carbonyl (C=O) groups excluding carboxylic acids is 2. The zero-order valence-electron chi connectivity index (χ0n) is 12.4. The van der Waals surface area contributed by atoms with Crippen LogP contribution >= 0.6 is 11.3 Å². The average molecular weight is 335 g/mol. The van der Waals surface area contributed by atoms with Crippen molar-refractivity contribution < 1.29 is 24.0 Å². The van der Waals surface area contributed by atoms with Crippen LogP contribution in [-0.4, -0.2) is 30.4 Å². The summed E-state index contributed by atoms with van der Waals surface area (Å²) >= 11 is 1.30. The molecule has 7 nitrogen and oxygen atoms in total. The summed E-state index contributed by atoms with van der Waals surface area (Å²) in [5.74, 6) is -1.05. The van der Waals surface area contributed by atoms with E-state index in [2.05, 4.69) is 0 Å². The van der Waals surface area contributed by atoms with Gasteiger partial charge >= 0.3 is 5.97 Å². The number of Topliss-reactive ketones (excluding diaryl/α,β-unsaturated/α-hetero) is 1. The van der Waals surface area contributed by atoms with Gasteiger partial charge in [0.25, 0.3) is 5.69 Å². The first-order chi connectivity index (χ1) is 10.9. The van der Waals surface area contributed by atoms with Gasteiger partial charge in [-0.3, -0.25) is 14.9 Å². The predicted molar refractivity (Wildman–Crippen MR) is 83.3 cm³/mol. The minimum absolute atomic E-state index is 0.100. The van der Waals surface area contributed by atoms with Gasteiger partial charge in [-0.1, -0.05) is 0 Å². The lowest BCUT2D eigenvalue weighted by molar-refractivity contribution is -0.384. The molecule has 0 aliphatic carbocycles. The number of rotatable bonds is 6. The number of nitro benzene ring substituents is 1. The standard InChI is InChI=1S/C15H13NO6S/c1-9-3-6-14(23-9)12(17)8-22-15(18)11-7-10(16(19)20)4-5-13(11)21-2/h3-7H,8H2,1-2H3. The Labute approximate surface area is 135 Å². The molecule has 0 saturated heterocycles. The van der Waals surface area contributed by atoms with Crippen LogP contribution in [0.1, 0.15) is 24.9 Å². The van der Waals surface area contributed by atoms with Crippen molar-refractivity contribution in [3.63, 3.8) is 0 Å². The third-order valence-corrected chi connectivity index (χ3v) is 4.01. The molecular formula is C15H13NO6S. The molecule has 2 aromatic rings. The molecular weight excluding hydrogens is 322 g/mol. The normalized spacial score (nSPS) is 10.2. The lowest BCUT2D eigenvalue weighted by atomic mass is 10.2. The Morgan fingerprint density at radius 1 is 1.26 bits per heavy atom. The Hall–Kier alpha value is -2.74. The average Bonchev–Trinajstić information content (AvgIpc) is 2.98. The molecule has 0 unspecified atom stereocenters. The fraction of sp³-hybridized carbons (Fsp3) is 0.200. The van der Waals surface area contributed by atoms with Crippen LogP contribution < -0.4 is 4.74 Å². The molecule has 2 rings (SSSR count). The minimum Gasteiger partial charge on any atom is -0.496 e. The van der Waals surface area contributed by atoms with Crippen LogP contribution in [0.15, 0.2) is 30.3 Å². The molecule has 1 aromatic heterocycles. The van der Waals surface area contributed by atoms with E-state index in [9.17, 15) is 19.7 Å². The van der Waals surface area contributed by atoms with Crippen LogP contribution in [0.4, 0.5) is 5.69 Å². The summed E-state index contributed by atoms with van der Waals surface area (Å²) in [5, 5.41) is 10.8. The third-order valence-electron chi connectivity index (χ3n) is 2.96. The van der Waals surface area contributed by atoms with Gasteiger partial charge in [-0.15, -0.1) is 11.3 Å². The number of non-ortho nitro benzene ring substituents is 1. The number of esters is 1.